The lowest BCUT2D eigenvalue weighted by Crippen LogP contribution is -2.52. The van der Waals surface area contributed by atoms with Gasteiger partial charge in [0.05, 0.1) is 18.6 Å². The fourth-order valence-corrected chi connectivity index (χ4v) is 5.36. The second-order valence-corrected chi connectivity index (χ2v) is 11.8. The van der Waals surface area contributed by atoms with Crippen molar-refractivity contribution in [2.45, 2.75) is 58.2 Å². The van der Waals surface area contributed by atoms with E-state index in [1.54, 1.807) is 31.2 Å². The van der Waals surface area contributed by atoms with Crippen molar-refractivity contribution in [1.29, 1.82) is 0 Å². The van der Waals surface area contributed by atoms with Crippen LogP contribution in [0.2, 0.25) is 0 Å². The Labute approximate surface area is 222 Å². The van der Waals surface area contributed by atoms with E-state index in [-0.39, 0.29) is 18.5 Å². The van der Waals surface area contributed by atoms with Crippen molar-refractivity contribution in [1.82, 2.24) is 10.2 Å². The molecule has 3 rings (SSSR count). The van der Waals surface area contributed by atoms with Crippen molar-refractivity contribution >= 4 is 43.5 Å². The van der Waals surface area contributed by atoms with Crippen LogP contribution < -0.4 is 14.4 Å². The lowest BCUT2D eigenvalue weighted by molar-refractivity contribution is -0.139. The van der Waals surface area contributed by atoms with Crippen LogP contribution in [0.3, 0.4) is 0 Å². The van der Waals surface area contributed by atoms with Crippen molar-refractivity contribution in [3.8, 4) is 5.75 Å². The van der Waals surface area contributed by atoms with E-state index in [2.05, 4.69) is 21.2 Å². The molecule has 0 spiro atoms. The van der Waals surface area contributed by atoms with E-state index in [1.165, 1.54) is 4.90 Å². The number of amides is 2. The molecule has 0 heterocycles. The first-order chi connectivity index (χ1) is 17.1. The molecule has 0 bridgehead atoms. The standard InChI is InChI=1S/C26H34BrN3O5S/c1-4-35-24-15-13-23(14-16-24)30(36(3,33)34)18-25(31)29(17-20-9-11-21(27)12-10-20)19(2)26(32)28-22-7-5-6-8-22/h9-16,19,22H,4-8,17-18H2,1-3H3,(H,28,32). The van der Waals surface area contributed by atoms with E-state index < -0.39 is 28.5 Å². The topological polar surface area (TPSA) is 96.0 Å². The molecule has 1 aliphatic carbocycles. The minimum atomic E-state index is -3.78. The number of rotatable bonds is 11. The summed E-state index contributed by atoms with van der Waals surface area (Å²) in [7, 11) is -3.78. The highest BCUT2D eigenvalue weighted by Gasteiger charge is 2.31. The average Bonchev–Trinajstić information content (AvgIpc) is 3.35. The number of sulfonamides is 1. The molecular formula is C26H34BrN3O5S. The molecule has 0 saturated heterocycles. The van der Waals surface area contributed by atoms with Gasteiger partial charge >= 0.3 is 0 Å². The Hall–Kier alpha value is -2.59. The number of carbonyl (C=O) groups excluding carboxylic acids is 2. The van der Waals surface area contributed by atoms with E-state index in [0.29, 0.717) is 18.0 Å². The molecule has 36 heavy (non-hydrogen) atoms. The van der Waals surface area contributed by atoms with Crippen molar-refractivity contribution in [3.63, 3.8) is 0 Å². The summed E-state index contributed by atoms with van der Waals surface area (Å²) in [5, 5.41) is 3.06. The first-order valence-electron chi connectivity index (χ1n) is 12.1. The molecule has 0 radical (unpaired) electrons. The summed E-state index contributed by atoms with van der Waals surface area (Å²) >= 11 is 3.41. The molecule has 0 aromatic heterocycles. The van der Waals surface area contributed by atoms with Crippen LogP contribution in [-0.2, 0) is 26.2 Å². The zero-order valence-corrected chi connectivity index (χ0v) is 23.3. The van der Waals surface area contributed by atoms with Crippen LogP contribution in [0.1, 0.15) is 45.1 Å². The molecule has 2 aromatic rings. The summed E-state index contributed by atoms with van der Waals surface area (Å²) in [5.41, 5.74) is 1.18. The molecule has 0 aliphatic heterocycles. The average molecular weight is 581 g/mol. The van der Waals surface area contributed by atoms with Crippen LogP contribution in [0.4, 0.5) is 5.69 Å². The monoisotopic (exact) mass is 579 g/mol. The Kier molecular flexibility index (Phi) is 9.78. The van der Waals surface area contributed by atoms with E-state index in [1.807, 2.05) is 31.2 Å². The number of carbonyl (C=O) groups is 2. The summed E-state index contributed by atoms with van der Waals surface area (Å²) in [6, 6.07) is 13.3. The fraction of sp³-hybridized carbons (Fsp3) is 0.462. The van der Waals surface area contributed by atoms with E-state index in [0.717, 1.165) is 46.3 Å². The van der Waals surface area contributed by atoms with Crippen molar-refractivity contribution in [2.75, 3.05) is 23.7 Å². The largest absolute Gasteiger partial charge is 0.494 e. The van der Waals surface area contributed by atoms with Gasteiger partial charge in [-0.2, -0.15) is 0 Å². The Bertz CT molecular complexity index is 1130. The van der Waals surface area contributed by atoms with Crippen LogP contribution in [0, 0.1) is 0 Å². The Balaban J connectivity index is 1.85. The molecule has 196 valence electrons. The summed E-state index contributed by atoms with van der Waals surface area (Å²) in [5.74, 6) is -0.0965. The second kappa shape index (κ2) is 12.6. The van der Waals surface area contributed by atoms with Gasteiger partial charge in [0.2, 0.25) is 21.8 Å². The number of hydrogen-bond acceptors (Lipinski definition) is 5. The number of nitrogens with zero attached hydrogens (tertiary/aromatic N) is 2. The van der Waals surface area contributed by atoms with Gasteiger partial charge in [0.1, 0.15) is 18.3 Å². The zero-order chi connectivity index (χ0) is 26.3. The highest BCUT2D eigenvalue weighted by molar-refractivity contribution is 9.10. The van der Waals surface area contributed by atoms with Gasteiger partial charge in [0, 0.05) is 17.1 Å². The number of halogens is 1. The Morgan fingerprint density at radius 1 is 1.08 bits per heavy atom. The van der Waals surface area contributed by atoms with Crippen LogP contribution in [0.5, 0.6) is 5.75 Å². The molecule has 2 amide bonds. The zero-order valence-electron chi connectivity index (χ0n) is 20.9. The molecule has 8 nitrogen and oxygen atoms in total. The van der Waals surface area contributed by atoms with Crippen LogP contribution >= 0.6 is 15.9 Å². The second-order valence-electron chi connectivity index (χ2n) is 9.01. The highest BCUT2D eigenvalue weighted by Crippen LogP contribution is 2.23. The molecular weight excluding hydrogens is 546 g/mol. The molecule has 1 N–H and O–H groups in total. The van der Waals surface area contributed by atoms with Gasteiger partial charge in [0.15, 0.2) is 0 Å². The maximum Gasteiger partial charge on any atom is 0.244 e. The summed E-state index contributed by atoms with van der Waals surface area (Å²) < 4.78 is 32.7. The third-order valence-electron chi connectivity index (χ3n) is 6.25. The smallest absolute Gasteiger partial charge is 0.244 e. The number of ether oxygens (including phenoxy) is 1. The van der Waals surface area contributed by atoms with Gasteiger partial charge in [-0.25, -0.2) is 8.42 Å². The lowest BCUT2D eigenvalue weighted by atomic mass is 10.1. The van der Waals surface area contributed by atoms with E-state index >= 15 is 0 Å². The number of benzene rings is 2. The first-order valence-corrected chi connectivity index (χ1v) is 14.8. The number of hydrogen-bond donors (Lipinski definition) is 1. The van der Waals surface area contributed by atoms with Gasteiger partial charge in [-0.3, -0.25) is 13.9 Å². The van der Waals surface area contributed by atoms with Gasteiger partial charge in [-0.05, 0) is 68.7 Å². The predicted molar refractivity (Wildman–Crippen MR) is 144 cm³/mol. The normalized spacial score (nSPS) is 14.8. The van der Waals surface area contributed by atoms with Crippen molar-refractivity contribution in [3.05, 3.63) is 58.6 Å². The third kappa shape index (κ3) is 7.70. The maximum absolute atomic E-state index is 13.6. The number of nitrogens with one attached hydrogen (secondary N) is 1. The predicted octanol–water partition coefficient (Wildman–Crippen LogP) is 4.09. The molecule has 1 aliphatic rings. The minimum Gasteiger partial charge on any atom is -0.494 e. The summed E-state index contributed by atoms with van der Waals surface area (Å²) in [6.45, 7) is 3.78. The van der Waals surface area contributed by atoms with Crippen molar-refractivity contribution in [2.24, 2.45) is 0 Å². The first kappa shape index (κ1) is 28.0. The minimum absolute atomic E-state index is 0.112. The molecule has 1 unspecified atom stereocenters. The summed E-state index contributed by atoms with van der Waals surface area (Å²) in [4.78, 5) is 28.1. The fourth-order valence-electron chi connectivity index (χ4n) is 4.25. The van der Waals surface area contributed by atoms with Crippen molar-refractivity contribution < 1.29 is 22.7 Å². The van der Waals surface area contributed by atoms with Crippen LogP contribution in [0.15, 0.2) is 53.0 Å². The molecule has 10 heteroatoms. The van der Waals surface area contributed by atoms with Gasteiger partial charge < -0.3 is 15.0 Å². The maximum atomic E-state index is 13.6. The highest BCUT2D eigenvalue weighted by atomic mass is 79.9. The van der Waals surface area contributed by atoms with E-state index in [9.17, 15) is 18.0 Å². The summed E-state index contributed by atoms with van der Waals surface area (Å²) in [6.07, 6.45) is 5.07. The third-order valence-corrected chi connectivity index (χ3v) is 7.92. The van der Waals surface area contributed by atoms with E-state index in [4.69, 9.17) is 4.74 Å². The Morgan fingerprint density at radius 2 is 1.69 bits per heavy atom. The van der Waals surface area contributed by atoms with Gasteiger partial charge in [-0.1, -0.05) is 40.9 Å². The lowest BCUT2D eigenvalue weighted by Gasteiger charge is -2.32. The SMILES string of the molecule is CCOc1ccc(N(CC(=O)N(Cc2ccc(Br)cc2)C(C)C(=O)NC2CCCC2)S(C)(=O)=O)cc1. The van der Waals surface area contributed by atoms with Gasteiger partial charge in [0.25, 0.3) is 0 Å². The van der Waals surface area contributed by atoms with Crippen LogP contribution in [-0.4, -0.2) is 56.6 Å². The quantitative estimate of drug-likeness (QED) is 0.432. The molecule has 2 aromatic carbocycles. The van der Waals surface area contributed by atoms with Crippen LogP contribution in [0.25, 0.3) is 0 Å². The molecule has 1 atom stereocenters. The Morgan fingerprint density at radius 3 is 2.25 bits per heavy atom. The molecule has 1 saturated carbocycles. The van der Waals surface area contributed by atoms with Gasteiger partial charge in [-0.15, -0.1) is 0 Å². The number of anilines is 1. The molecule has 1 fully saturated rings.